The summed E-state index contributed by atoms with van der Waals surface area (Å²) in [7, 11) is -5.99. The number of anilines is 6. The summed E-state index contributed by atoms with van der Waals surface area (Å²) >= 11 is 0. The second-order valence-electron chi connectivity index (χ2n) is 23.9. The minimum absolute atomic E-state index is 0.131. The van der Waals surface area contributed by atoms with Crippen molar-refractivity contribution >= 4 is 137 Å². The topological polar surface area (TPSA) is 11.4 Å². The Bertz CT molecular complexity index is 4880. The molecule has 0 saturated carbocycles. The number of fused-ring (bicyclic) bond motifs is 7. The van der Waals surface area contributed by atoms with Gasteiger partial charge in [-0.1, -0.05) is 303 Å². The highest BCUT2D eigenvalue weighted by molar-refractivity contribution is 7.20. The van der Waals surface area contributed by atoms with E-state index >= 15 is 0 Å². The second-order valence-corrected chi connectivity index (χ2v) is 31.5. The van der Waals surface area contributed by atoms with Gasteiger partial charge >= 0.3 is 0 Å². The van der Waals surface area contributed by atoms with Gasteiger partial charge in [0.15, 0.2) is 16.1 Å². The largest absolute Gasteiger partial charge is 0.311 e. The van der Waals surface area contributed by atoms with Gasteiger partial charge in [0.1, 0.15) is 0 Å². The first-order chi connectivity index (χ1) is 44.7. The summed E-state index contributed by atoms with van der Waals surface area (Å²) in [6, 6.07) is 138. The van der Waals surface area contributed by atoms with Crippen molar-refractivity contribution in [2.45, 2.75) is 0 Å². The minimum atomic E-state index is -3.00. The molecule has 0 atom stereocenters. The van der Waals surface area contributed by atoms with Gasteiger partial charge < -0.3 is 14.4 Å². The van der Waals surface area contributed by atoms with E-state index in [9.17, 15) is 0 Å². The van der Waals surface area contributed by atoms with E-state index in [4.69, 9.17) is 0 Å². The Balaban J connectivity index is 0.987. The lowest BCUT2D eigenvalue weighted by Crippen LogP contribution is -2.74. The van der Waals surface area contributed by atoms with Crippen LogP contribution in [-0.2, 0) is 0 Å². The predicted molar refractivity (Wildman–Crippen MR) is 387 cm³/mol. The Labute approximate surface area is 528 Å². The molecule has 3 nitrogen and oxygen atoms in total. The number of hydrogen-bond donors (Lipinski definition) is 0. The molecule has 2 aliphatic rings. The zero-order valence-electron chi connectivity index (χ0n) is 49.6. The van der Waals surface area contributed by atoms with Crippen LogP contribution in [0.2, 0.25) is 0 Å². The zero-order valence-corrected chi connectivity index (χ0v) is 51.6. The molecule has 3 heterocycles. The number of hydrogen-bond acceptors (Lipinski definition) is 2. The van der Waals surface area contributed by atoms with Crippen molar-refractivity contribution < 1.29 is 0 Å². The lowest BCUT2D eigenvalue weighted by molar-refractivity contribution is 1.16. The quantitative estimate of drug-likeness (QED) is 0.0892. The summed E-state index contributed by atoms with van der Waals surface area (Å²) in [5.74, 6) is 0. The first-order valence-corrected chi connectivity index (χ1v) is 35.3. The van der Waals surface area contributed by atoms with E-state index < -0.39 is 16.1 Å². The maximum atomic E-state index is 2.63. The summed E-state index contributed by atoms with van der Waals surface area (Å²) in [5, 5.41) is 13.1. The molecule has 422 valence electrons. The monoisotopic (exact) mass is 1180 g/mol. The first-order valence-electron chi connectivity index (χ1n) is 31.3. The fraction of sp³-hybridized carbons (Fsp3) is 0. The molecule has 0 unspecified atom stereocenters. The first kappa shape index (κ1) is 53.2. The van der Waals surface area contributed by atoms with Crippen molar-refractivity contribution in [3.63, 3.8) is 0 Å². The molecule has 0 radical (unpaired) electrons. The molecule has 14 aromatic carbocycles. The van der Waals surface area contributed by atoms with Crippen LogP contribution in [0.5, 0.6) is 0 Å². The van der Waals surface area contributed by atoms with Gasteiger partial charge in [0.25, 0.3) is 6.71 Å². The maximum Gasteiger partial charge on any atom is 0.252 e. The summed E-state index contributed by atoms with van der Waals surface area (Å²) in [5.41, 5.74) is 16.4. The molecule has 2 aliphatic heterocycles. The summed E-state index contributed by atoms with van der Waals surface area (Å²) in [6.45, 7) is -0.131. The van der Waals surface area contributed by atoms with Crippen molar-refractivity contribution in [1.82, 2.24) is 4.57 Å². The molecular weight excluding hydrogens is 1120 g/mol. The fourth-order valence-corrected chi connectivity index (χ4v) is 25.1. The normalized spacial score (nSPS) is 12.6. The van der Waals surface area contributed by atoms with Gasteiger partial charge in [-0.25, -0.2) is 0 Å². The van der Waals surface area contributed by atoms with Crippen molar-refractivity contribution in [3.05, 3.63) is 364 Å². The van der Waals surface area contributed by atoms with E-state index in [-0.39, 0.29) is 6.71 Å². The van der Waals surface area contributed by atoms with E-state index in [2.05, 4.69) is 378 Å². The summed E-state index contributed by atoms with van der Waals surface area (Å²) in [6.07, 6.45) is 0. The SMILES string of the molecule is c1ccc(-c2ccc3c(c2)B2c4ccccc4N(c4cccc([Si](c5ccccc5)(c5ccccc5)c5ccccc5)c4)c4cc(-n5c6ccccc6c6ccccc65)cc(c42)N3c2cccc([Si](c3ccccc3)(c3ccccc3)c3ccccc3)c2)cc1. The third kappa shape index (κ3) is 8.33. The van der Waals surface area contributed by atoms with Crippen LogP contribution < -0.4 is 67.7 Å². The Morgan fingerprint density at radius 2 is 0.578 bits per heavy atom. The molecule has 15 aromatic rings. The Hall–Kier alpha value is -11.0. The molecule has 0 fully saturated rings. The van der Waals surface area contributed by atoms with Gasteiger partial charge in [0, 0.05) is 44.9 Å². The third-order valence-corrected chi connectivity index (χ3v) is 28.8. The van der Waals surface area contributed by atoms with Crippen LogP contribution in [0.25, 0.3) is 38.6 Å². The molecule has 0 bridgehead atoms. The standard InChI is InChI=1S/C84H60BN3Si2/c1-8-30-61(31-9-1)62-54-55-81-77(56-62)85-76-50-24-27-53-80(76)86(63-32-28-46-72(57-63)89(66-34-10-2-11-35-66,67-36-12-3-13-37-67)68-38-14-4-15-39-68)82-59-65(88-78-51-25-22-48-74(78)75-49-23-26-52-79(75)88)60-83(84(82)85)87(81)64-33-29-47-73(58-64)90(69-40-16-5-17-41-69,70-42-18-6-19-43-70)71-44-20-7-21-45-71/h1-60H. The highest BCUT2D eigenvalue weighted by Gasteiger charge is 2.47. The van der Waals surface area contributed by atoms with Crippen LogP contribution in [0.15, 0.2) is 364 Å². The van der Waals surface area contributed by atoms with E-state index in [0.717, 1.165) is 45.2 Å². The van der Waals surface area contributed by atoms with Crippen LogP contribution in [0.1, 0.15) is 0 Å². The van der Waals surface area contributed by atoms with Crippen LogP contribution in [0, 0.1) is 0 Å². The maximum absolute atomic E-state index is 3.00. The smallest absolute Gasteiger partial charge is 0.252 e. The second kappa shape index (κ2) is 22.0. The number of aromatic nitrogens is 1. The van der Waals surface area contributed by atoms with E-state index in [1.165, 1.54) is 85.5 Å². The summed E-state index contributed by atoms with van der Waals surface area (Å²) in [4.78, 5) is 5.24. The van der Waals surface area contributed by atoms with Crippen LogP contribution in [-0.4, -0.2) is 27.4 Å². The molecule has 0 saturated heterocycles. The van der Waals surface area contributed by atoms with Gasteiger partial charge in [-0.2, -0.15) is 0 Å². The highest BCUT2D eigenvalue weighted by Crippen LogP contribution is 2.47. The average Bonchev–Trinajstić information content (AvgIpc) is 0.872. The number of rotatable bonds is 12. The molecule has 17 rings (SSSR count). The molecule has 0 aliphatic carbocycles. The van der Waals surface area contributed by atoms with Crippen LogP contribution >= 0.6 is 0 Å². The molecular formula is C84H60BN3Si2. The predicted octanol–water partition coefficient (Wildman–Crippen LogP) is 13.3. The minimum Gasteiger partial charge on any atom is -0.311 e. The summed E-state index contributed by atoms with van der Waals surface area (Å²) < 4.78 is 2.52. The Morgan fingerprint density at radius 1 is 0.222 bits per heavy atom. The Kier molecular flexibility index (Phi) is 13.0. The molecule has 1 aromatic heterocycles. The zero-order chi connectivity index (χ0) is 59.6. The van der Waals surface area contributed by atoms with Gasteiger partial charge in [0.05, 0.1) is 16.7 Å². The van der Waals surface area contributed by atoms with E-state index in [1.807, 2.05) is 0 Å². The fourth-order valence-electron chi connectivity index (χ4n) is 15.5. The van der Waals surface area contributed by atoms with Crippen LogP contribution in [0.3, 0.4) is 0 Å². The van der Waals surface area contributed by atoms with Gasteiger partial charge in [0.2, 0.25) is 0 Å². The number of para-hydroxylation sites is 3. The Morgan fingerprint density at radius 3 is 1.01 bits per heavy atom. The molecule has 0 N–H and O–H groups in total. The molecule has 0 amide bonds. The van der Waals surface area contributed by atoms with Gasteiger partial charge in [-0.3, -0.25) is 0 Å². The van der Waals surface area contributed by atoms with Crippen molar-refractivity contribution in [3.8, 4) is 16.8 Å². The number of nitrogens with zero attached hydrogens (tertiary/aromatic N) is 3. The lowest BCUT2D eigenvalue weighted by atomic mass is 9.33. The van der Waals surface area contributed by atoms with Crippen LogP contribution in [0.4, 0.5) is 34.1 Å². The van der Waals surface area contributed by atoms with Gasteiger partial charge in [-0.05, 0) is 130 Å². The number of benzene rings is 14. The van der Waals surface area contributed by atoms with E-state index in [0.29, 0.717) is 0 Å². The molecule has 0 spiro atoms. The molecule has 90 heavy (non-hydrogen) atoms. The third-order valence-electron chi connectivity index (χ3n) is 19.2. The highest BCUT2D eigenvalue weighted by atomic mass is 28.3. The van der Waals surface area contributed by atoms with E-state index in [1.54, 1.807) is 0 Å². The van der Waals surface area contributed by atoms with Crippen molar-refractivity contribution in [2.24, 2.45) is 0 Å². The van der Waals surface area contributed by atoms with Crippen molar-refractivity contribution in [1.29, 1.82) is 0 Å². The lowest BCUT2D eigenvalue weighted by Gasteiger charge is -2.45. The molecule has 6 heteroatoms. The average molecular weight is 1180 g/mol. The van der Waals surface area contributed by atoms with Crippen molar-refractivity contribution in [2.75, 3.05) is 9.80 Å². The van der Waals surface area contributed by atoms with Gasteiger partial charge in [-0.15, -0.1) is 0 Å².